The van der Waals surface area contributed by atoms with Gasteiger partial charge in [0.15, 0.2) is 5.82 Å². The summed E-state index contributed by atoms with van der Waals surface area (Å²) in [5.41, 5.74) is 4.37. The Morgan fingerprint density at radius 3 is 2.78 bits per heavy atom. The standard InChI is InChI=1S/C14H16N4/c1-9(2)13-10-7-15-8-12(10)17-14(18-13)11-5-3-4-6-16-11/h3-6,9,15H,7-8H2,1-2H3. The maximum Gasteiger partial charge on any atom is 0.178 e. The number of rotatable bonds is 2. The molecule has 0 unspecified atom stereocenters. The fraction of sp³-hybridized carbons (Fsp3) is 0.357. The molecule has 0 aliphatic carbocycles. The fourth-order valence-electron chi connectivity index (χ4n) is 2.28. The Bertz CT molecular complexity index is 564. The number of nitrogens with one attached hydrogen (secondary N) is 1. The third-order valence-electron chi connectivity index (χ3n) is 3.16. The molecule has 18 heavy (non-hydrogen) atoms. The summed E-state index contributed by atoms with van der Waals surface area (Å²) in [5.74, 6) is 1.14. The summed E-state index contributed by atoms with van der Waals surface area (Å²) >= 11 is 0. The molecule has 0 radical (unpaired) electrons. The van der Waals surface area contributed by atoms with E-state index in [1.165, 1.54) is 5.56 Å². The number of fused-ring (bicyclic) bond motifs is 1. The predicted octanol–water partition coefficient (Wildman–Crippen LogP) is 2.27. The maximum atomic E-state index is 4.70. The van der Waals surface area contributed by atoms with Crippen molar-refractivity contribution in [2.24, 2.45) is 0 Å². The van der Waals surface area contributed by atoms with E-state index in [1.54, 1.807) is 6.20 Å². The average Bonchev–Trinajstić information content (AvgIpc) is 2.86. The van der Waals surface area contributed by atoms with Gasteiger partial charge in [0.05, 0.1) is 11.4 Å². The van der Waals surface area contributed by atoms with E-state index in [0.717, 1.165) is 36.0 Å². The van der Waals surface area contributed by atoms with Crippen LogP contribution in [-0.2, 0) is 13.1 Å². The van der Waals surface area contributed by atoms with Crippen LogP contribution < -0.4 is 5.32 Å². The normalized spacial score (nSPS) is 13.9. The first-order chi connectivity index (χ1) is 8.75. The zero-order valence-electron chi connectivity index (χ0n) is 10.6. The maximum absolute atomic E-state index is 4.70. The molecular formula is C14H16N4. The van der Waals surface area contributed by atoms with E-state index in [2.05, 4.69) is 29.1 Å². The summed E-state index contributed by atoms with van der Waals surface area (Å²) in [7, 11) is 0. The second kappa shape index (κ2) is 4.46. The Hall–Kier alpha value is -1.81. The molecule has 0 atom stereocenters. The van der Waals surface area contributed by atoms with Crippen molar-refractivity contribution in [1.82, 2.24) is 20.3 Å². The predicted molar refractivity (Wildman–Crippen MR) is 69.9 cm³/mol. The van der Waals surface area contributed by atoms with Crippen molar-refractivity contribution >= 4 is 0 Å². The van der Waals surface area contributed by atoms with Gasteiger partial charge in [0.25, 0.3) is 0 Å². The van der Waals surface area contributed by atoms with Gasteiger partial charge in [-0.05, 0) is 18.1 Å². The van der Waals surface area contributed by atoms with Crippen LogP contribution in [-0.4, -0.2) is 15.0 Å². The van der Waals surface area contributed by atoms with Crippen molar-refractivity contribution in [2.45, 2.75) is 32.9 Å². The largest absolute Gasteiger partial charge is 0.307 e. The molecular weight excluding hydrogens is 224 g/mol. The summed E-state index contributed by atoms with van der Waals surface area (Å²) in [5, 5.41) is 3.34. The molecule has 0 spiro atoms. The van der Waals surface area contributed by atoms with E-state index in [-0.39, 0.29) is 0 Å². The average molecular weight is 240 g/mol. The van der Waals surface area contributed by atoms with Crippen molar-refractivity contribution in [3.05, 3.63) is 41.3 Å². The van der Waals surface area contributed by atoms with E-state index in [0.29, 0.717) is 5.92 Å². The van der Waals surface area contributed by atoms with E-state index in [9.17, 15) is 0 Å². The third-order valence-corrected chi connectivity index (χ3v) is 3.16. The highest BCUT2D eigenvalue weighted by Gasteiger charge is 2.21. The monoisotopic (exact) mass is 240 g/mol. The first-order valence-electron chi connectivity index (χ1n) is 6.27. The first-order valence-corrected chi connectivity index (χ1v) is 6.27. The molecule has 0 bridgehead atoms. The highest BCUT2D eigenvalue weighted by molar-refractivity contribution is 5.51. The van der Waals surface area contributed by atoms with Gasteiger partial charge in [-0.2, -0.15) is 0 Å². The third kappa shape index (κ3) is 1.88. The van der Waals surface area contributed by atoms with Crippen LogP contribution in [0, 0.1) is 0 Å². The van der Waals surface area contributed by atoms with E-state index < -0.39 is 0 Å². The quantitative estimate of drug-likeness (QED) is 0.874. The number of hydrogen-bond acceptors (Lipinski definition) is 4. The fourth-order valence-corrected chi connectivity index (χ4v) is 2.28. The van der Waals surface area contributed by atoms with Crippen LogP contribution in [0.5, 0.6) is 0 Å². The van der Waals surface area contributed by atoms with Crippen molar-refractivity contribution < 1.29 is 0 Å². The van der Waals surface area contributed by atoms with Gasteiger partial charge in [-0.25, -0.2) is 9.97 Å². The second-order valence-corrected chi connectivity index (χ2v) is 4.83. The Labute approximate surface area is 107 Å². The lowest BCUT2D eigenvalue weighted by Crippen LogP contribution is -2.05. The second-order valence-electron chi connectivity index (χ2n) is 4.83. The highest BCUT2D eigenvalue weighted by Crippen LogP contribution is 2.25. The molecule has 1 aliphatic rings. The van der Waals surface area contributed by atoms with Crippen molar-refractivity contribution in [3.63, 3.8) is 0 Å². The zero-order valence-corrected chi connectivity index (χ0v) is 10.6. The van der Waals surface area contributed by atoms with Crippen LogP contribution in [0.2, 0.25) is 0 Å². The molecule has 92 valence electrons. The Kier molecular flexibility index (Phi) is 2.80. The molecule has 4 heteroatoms. The first kappa shape index (κ1) is 11.3. The minimum atomic E-state index is 0.407. The van der Waals surface area contributed by atoms with Gasteiger partial charge in [-0.1, -0.05) is 19.9 Å². The Morgan fingerprint density at radius 1 is 1.17 bits per heavy atom. The molecule has 0 fully saturated rings. The van der Waals surface area contributed by atoms with Gasteiger partial charge in [0.2, 0.25) is 0 Å². The summed E-state index contributed by atoms with van der Waals surface area (Å²) < 4.78 is 0. The van der Waals surface area contributed by atoms with Crippen LogP contribution in [0.1, 0.15) is 36.7 Å². The Balaban J connectivity index is 2.15. The lowest BCUT2D eigenvalue weighted by Gasteiger charge is -2.11. The van der Waals surface area contributed by atoms with Crippen LogP contribution >= 0.6 is 0 Å². The highest BCUT2D eigenvalue weighted by atomic mass is 15.0. The van der Waals surface area contributed by atoms with Crippen LogP contribution in [0.25, 0.3) is 11.5 Å². The smallest absolute Gasteiger partial charge is 0.178 e. The van der Waals surface area contributed by atoms with Gasteiger partial charge in [-0.3, -0.25) is 4.98 Å². The zero-order chi connectivity index (χ0) is 12.5. The van der Waals surface area contributed by atoms with Crippen molar-refractivity contribution in [3.8, 4) is 11.5 Å². The number of hydrogen-bond donors (Lipinski definition) is 1. The number of aromatic nitrogens is 3. The van der Waals surface area contributed by atoms with Gasteiger partial charge < -0.3 is 5.32 Å². The molecule has 0 saturated carbocycles. The van der Waals surface area contributed by atoms with E-state index in [1.807, 2.05) is 18.2 Å². The number of nitrogens with zero attached hydrogens (tertiary/aromatic N) is 3. The summed E-state index contributed by atoms with van der Waals surface area (Å²) in [6.07, 6.45) is 1.78. The van der Waals surface area contributed by atoms with Crippen LogP contribution in [0.15, 0.2) is 24.4 Å². The minimum absolute atomic E-state index is 0.407. The summed E-state index contributed by atoms with van der Waals surface area (Å²) in [6, 6.07) is 5.82. The van der Waals surface area contributed by atoms with Gasteiger partial charge in [-0.15, -0.1) is 0 Å². The molecule has 3 heterocycles. The SMILES string of the molecule is CC(C)c1nc(-c2ccccn2)nc2c1CNC2. The molecule has 3 rings (SSSR count). The molecule has 0 saturated heterocycles. The molecule has 2 aromatic heterocycles. The summed E-state index contributed by atoms with van der Waals surface area (Å²) in [6.45, 7) is 6.05. The molecule has 4 nitrogen and oxygen atoms in total. The molecule has 1 N–H and O–H groups in total. The molecule has 2 aromatic rings. The van der Waals surface area contributed by atoms with Gasteiger partial charge in [0.1, 0.15) is 5.69 Å². The van der Waals surface area contributed by atoms with Gasteiger partial charge in [0, 0.05) is 24.8 Å². The minimum Gasteiger partial charge on any atom is -0.307 e. The van der Waals surface area contributed by atoms with Crippen LogP contribution in [0.4, 0.5) is 0 Å². The lowest BCUT2D eigenvalue weighted by atomic mass is 10.0. The van der Waals surface area contributed by atoms with Crippen molar-refractivity contribution in [1.29, 1.82) is 0 Å². The van der Waals surface area contributed by atoms with Crippen molar-refractivity contribution in [2.75, 3.05) is 0 Å². The van der Waals surface area contributed by atoms with Crippen LogP contribution in [0.3, 0.4) is 0 Å². The molecule has 0 aromatic carbocycles. The Morgan fingerprint density at radius 2 is 2.06 bits per heavy atom. The van der Waals surface area contributed by atoms with E-state index in [4.69, 9.17) is 4.98 Å². The summed E-state index contributed by atoms with van der Waals surface area (Å²) in [4.78, 5) is 13.7. The van der Waals surface area contributed by atoms with Gasteiger partial charge >= 0.3 is 0 Å². The van der Waals surface area contributed by atoms with E-state index >= 15 is 0 Å². The molecule has 1 aliphatic heterocycles. The topological polar surface area (TPSA) is 50.7 Å². The number of pyridine rings is 1. The lowest BCUT2D eigenvalue weighted by molar-refractivity contribution is 0.746. The molecule has 0 amide bonds.